The number of nitrogens with zero attached hydrogens (tertiary/aromatic N) is 2. The van der Waals surface area contributed by atoms with Crippen LogP contribution in [0.2, 0.25) is 0 Å². The van der Waals surface area contributed by atoms with Gasteiger partial charge in [-0.1, -0.05) is 26.0 Å². The third kappa shape index (κ3) is 39.9. The van der Waals surface area contributed by atoms with E-state index in [1.807, 2.05) is 0 Å². The molecule has 16 amide bonds. The second-order valence-electron chi connectivity index (χ2n) is 32.4. The molecule has 0 spiro atoms. The number of hydrogen-bond donors (Lipinski definition) is 32. The fourth-order valence-electron chi connectivity index (χ4n) is 13.9. The monoisotopic (exact) mass is 1870 g/mol. The van der Waals surface area contributed by atoms with E-state index in [1.54, 1.807) is 13.8 Å². The van der Waals surface area contributed by atoms with Crippen molar-refractivity contribution in [1.82, 2.24) is 94.9 Å². The maximum Gasteiger partial charge on any atom is 0.326 e. The normalized spacial score (nSPS) is 17.0. The van der Waals surface area contributed by atoms with Crippen LogP contribution in [-0.2, 0) is 97.5 Å². The van der Waals surface area contributed by atoms with Gasteiger partial charge in [0.2, 0.25) is 94.5 Å². The standard InChI is InChI=1S/C79H131N27O26/c1-37(2)32-50(68(123)101-52(35-58(114)115)75(130)106-31-13-19-55(106)71(126)98-49(76(131)132)17-11-29-91-79(87)88)99-72(127)59(40(5)108)103-62(117)39(4)93-67(122)51(34-56(82)111)100-73(128)60(41(6)109)104-61(116)38(3)92-64(119)45(14-7-8-26-80)95-69(124)53(36-107)102-66(121)47(24-25-57(112)113)96-70(125)54-18-12-30-105(54)74(129)48(16-10-28-90-78(85)86)97-65(120)46(15-9-27-89-77(83)84)94-63(118)44(81)33-42-20-22-43(110)23-21-42/h20-23,37-41,44-55,59-60,107-110H,7-19,24-36,80-81H2,1-6H3,(H2,82,111)(H,92,119)(H,93,122)(H,94,118)(H,95,124)(H,96,125)(H,97,120)(H,98,126)(H,99,127)(H,100,128)(H,101,123)(H,102,121)(H,103,117)(H,104,116)(H,112,113)(H,114,115)(H,131,132)(H4,83,84,89)(H4,85,86,90)(H4,87,88,91)/t38-,39-,40+,41+,44-,45-,46-,47-,48-,49-,50-,51-,52-,53-,54-,55-,59-,60-/m0/s1. The van der Waals surface area contributed by atoms with Crippen LogP contribution in [0.5, 0.6) is 5.75 Å². The summed E-state index contributed by atoms with van der Waals surface area (Å²) < 4.78 is 0. The molecule has 2 fully saturated rings. The Balaban J connectivity index is 1.79. The van der Waals surface area contributed by atoms with E-state index in [4.69, 9.17) is 50.6 Å². The lowest BCUT2D eigenvalue weighted by Gasteiger charge is -2.31. The first-order valence-electron chi connectivity index (χ1n) is 43.0. The van der Waals surface area contributed by atoms with Crippen molar-refractivity contribution in [3.05, 3.63) is 29.8 Å². The van der Waals surface area contributed by atoms with Gasteiger partial charge in [-0.15, -0.1) is 0 Å². The number of nitrogens with one attached hydrogen (secondary N) is 19. The van der Waals surface area contributed by atoms with Crippen LogP contribution in [0.15, 0.2) is 24.3 Å². The van der Waals surface area contributed by atoms with Crippen molar-refractivity contribution in [3.63, 3.8) is 0 Å². The average Bonchev–Trinajstić information content (AvgIpc) is 1.66. The molecular weight excluding hydrogens is 1740 g/mol. The Bertz CT molecular complexity index is 4200. The number of phenols is 1. The summed E-state index contributed by atoms with van der Waals surface area (Å²) in [5.41, 5.74) is 34.2. The first kappa shape index (κ1) is 113. The first-order chi connectivity index (χ1) is 62.0. The van der Waals surface area contributed by atoms with Crippen LogP contribution in [0.4, 0.5) is 0 Å². The zero-order chi connectivity index (χ0) is 99.5. The summed E-state index contributed by atoms with van der Waals surface area (Å²) >= 11 is 0. The van der Waals surface area contributed by atoms with E-state index >= 15 is 0 Å². The number of carbonyl (C=O) groups excluding carboxylic acids is 16. The summed E-state index contributed by atoms with van der Waals surface area (Å²) in [5, 5.41) is 132. The van der Waals surface area contributed by atoms with Gasteiger partial charge in [-0.25, -0.2) is 4.79 Å². The smallest absolute Gasteiger partial charge is 0.326 e. The van der Waals surface area contributed by atoms with Crippen molar-refractivity contribution in [1.29, 1.82) is 16.2 Å². The number of primary amides is 1. The van der Waals surface area contributed by atoms with Crippen molar-refractivity contribution in [2.24, 2.45) is 40.3 Å². The number of rotatable bonds is 59. The third-order valence-electron chi connectivity index (χ3n) is 20.9. The van der Waals surface area contributed by atoms with Crippen LogP contribution in [-0.4, -0.2) is 331 Å². The molecule has 0 aromatic heterocycles. The summed E-state index contributed by atoms with van der Waals surface area (Å²) in [6.07, 6.45) is -6.87. The molecule has 2 heterocycles. The number of benzene rings is 1. The number of nitrogens with two attached hydrogens (primary N) is 6. The van der Waals surface area contributed by atoms with Gasteiger partial charge in [0.15, 0.2) is 17.9 Å². The Kier molecular flexibility index (Phi) is 48.6. The summed E-state index contributed by atoms with van der Waals surface area (Å²) in [6, 6.07) is -20.6. The van der Waals surface area contributed by atoms with Crippen LogP contribution >= 0.6 is 0 Å². The number of aromatic hydroxyl groups is 1. The topological polar surface area (TPSA) is 893 Å². The molecule has 0 unspecified atom stereocenters. The number of likely N-dealkylation sites (tertiary alicyclic amines) is 2. The van der Waals surface area contributed by atoms with Gasteiger partial charge in [-0.2, -0.15) is 0 Å². The van der Waals surface area contributed by atoms with Crippen molar-refractivity contribution in [2.45, 2.75) is 272 Å². The van der Waals surface area contributed by atoms with E-state index < -0.39 is 265 Å². The number of aliphatic carboxylic acids is 3. The van der Waals surface area contributed by atoms with E-state index in [-0.39, 0.29) is 153 Å². The number of carbonyl (C=O) groups is 19. The SMILES string of the molecule is CC(C)C[C@H](NC(=O)[C@@H](NC(=O)[C@H](C)NC(=O)[C@H](CC(N)=O)NC(=O)[C@@H](NC(=O)[C@H](C)NC(=O)[C@H](CCCCN)NC(=O)[C@H](CO)NC(=O)[C@H](CCC(=O)O)NC(=O)[C@@H]1CCCN1C(=O)[C@H](CCCNC(=N)N)NC(=O)[C@H](CCCNC(=N)N)NC(=O)[C@@H](N)Cc1ccc(O)cc1)[C@@H](C)O)[C@@H](C)O)C(=O)N[C@@H](CC(=O)O)C(=O)N1CCC[C@H]1C(=O)N[C@@H](CCCNC(=N)N)C(=O)O. The zero-order valence-electron chi connectivity index (χ0n) is 74.4. The number of phenolic OH excluding ortho intramolecular Hbond substituents is 1. The predicted molar refractivity (Wildman–Crippen MR) is 467 cm³/mol. The molecule has 132 heavy (non-hydrogen) atoms. The van der Waals surface area contributed by atoms with Crippen LogP contribution in [0.3, 0.4) is 0 Å². The molecule has 1 aromatic rings. The highest BCUT2D eigenvalue weighted by molar-refractivity contribution is 6.02. The van der Waals surface area contributed by atoms with Gasteiger partial charge in [0.05, 0.1) is 37.7 Å². The van der Waals surface area contributed by atoms with Crippen LogP contribution in [0.25, 0.3) is 0 Å². The molecule has 18 atom stereocenters. The summed E-state index contributed by atoms with van der Waals surface area (Å²) in [4.78, 5) is 261. The van der Waals surface area contributed by atoms with Crippen LogP contribution in [0, 0.1) is 22.1 Å². The van der Waals surface area contributed by atoms with Crippen molar-refractivity contribution in [2.75, 3.05) is 45.9 Å². The van der Waals surface area contributed by atoms with E-state index in [0.29, 0.717) is 5.56 Å². The Hall–Kier alpha value is -13.4. The fourth-order valence-corrected chi connectivity index (χ4v) is 13.9. The van der Waals surface area contributed by atoms with Gasteiger partial charge >= 0.3 is 17.9 Å². The zero-order valence-corrected chi connectivity index (χ0v) is 74.4. The minimum absolute atomic E-state index is 0.0154. The van der Waals surface area contributed by atoms with Gasteiger partial charge in [0.25, 0.3) is 0 Å². The number of hydrogen-bond acceptors (Lipinski definition) is 28. The summed E-state index contributed by atoms with van der Waals surface area (Å²) in [7, 11) is 0. The largest absolute Gasteiger partial charge is 0.508 e. The van der Waals surface area contributed by atoms with Crippen LogP contribution < -0.4 is 119 Å². The van der Waals surface area contributed by atoms with E-state index in [1.165, 1.54) is 24.3 Å². The Labute approximate surface area is 759 Å². The molecule has 738 valence electrons. The fraction of sp³-hybridized carbons (Fsp3) is 0.646. The number of aliphatic hydroxyl groups is 3. The van der Waals surface area contributed by atoms with Gasteiger partial charge in [0, 0.05) is 39.1 Å². The van der Waals surface area contributed by atoms with E-state index in [2.05, 4.69) is 85.1 Å². The van der Waals surface area contributed by atoms with Crippen LogP contribution in [0.1, 0.15) is 163 Å². The molecule has 53 heteroatoms. The van der Waals surface area contributed by atoms with Crippen molar-refractivity contribution in [3.8, 4) is 5.75 Å². The Morgan fingerprint density at radius 2 is 0.803 bits per heavy atom. The van der Waals surface area contributed by atoms with Gasteiger partial charge in [0.1, 0.15) is 96.4 Å². The lowest BCUT2D eigenvalue weighted by Crippen LogP contribution is -2.62. The van der Waals surface area contributed by atoms with E-state index in [0.717, 1.165) is 37.5 Å². The van der Waals surface area contributed by atoms with Gasteiger partial charge in [-0.3, -0.25) is 103 Å². The molecule has 2 aliphatic rings. The molecule has 0 radical (unpaired) electrons. The summed E-state index contributed by atoms with van der Waals surface area (Å²) in [6.45, 7) is 6.27. The second kappa shape index (κ2) is 56.9. The molecule has 1 aromatic carbocycles. The van der Waals surface area contributed by atoms with Gasteiger partial charge < -0.3 is 165 Å². The number of carboxylic acids is 3. The lowest BCUT2D eigenvalue weighted by molar-refractivity contribution is -0.147. The summed E-state index contributed by atoms with van der Waals surface area (Å²) in [5.74, 6) is -23.9. The maximum absolute atomic E-state index is 14.7. The number of aliphatic hydroxyl groups excluding tert-OH is 3. The molecule has 2 saturated heterocycles. The predicted octanol–water partition coefficient (Wildman–Crippen LogP) is -11.4. The number of amides is 16. The molecule has 0 saturated carbocycles. The second-order valence-corrected chi connectivity index (χ2v) is 32.4. The van der Waals surface area contributed by atoms with E-state index in [9.17, 15) is 127 Å². The van der Waals surface area contributed by atoms with Gasteiger partial charge in [-0.05, 0) is 161 Å². The third-order valence-corrected chi connectivity index (χ3v) is 20.9. The molecule has 53 nitrogen and oxygen atoms in total. The number of unbranched alkanes of at least 4 members (excludes halogenated alkanes) is 1. The first-order valence-corrected chi connectivity index (χ1v) is 43.0. The molecule has 3 rings (SSSR count). The highest BCUT2D eigenvalue weighted by Crippen LogP contribution is 2.24. The lowest BCUT2D eigenvalue weighted by atomic mass is 10.0. The Morgan fingerprint density at radius 1 is 0.424 bits per heavy atom. The number of carboxylic acid groups (broad SMARTS) is 3. The highest BCUT2D eigenvalue weighted by Gasteiger charge is 2.44. The molecule has 0 aliphatic carbocycles. The quantitative estimate of drug-likeness (QED) is 0.0164. The minimum atomic E-state index is -2.03. The molecular formula is C79H131N27O26. The molecule has 2 aliphatic heterocycles. The van der Waals surface area contributed by atoms with Crippen molar-refractivity contribution < 1.29 is 127 Å². The van der Waals surface area contributed by atoms with Crippen molar-refractivity contribution >= 4 is 130 Å². The average molecular weight is 1880 g/mol. The Morgan fingerprint density at radius 3 is 1.23 bits per heavy atom. The molecule has 38 N–H and O–H groups in total. The number of guanidine groups is 3. The minimum Gasteiger partial charge on any atom is -0.508 e. The maximum atomic E-state index is 14.7. The molecule has 0 bridgehead atoms. The highest BCUT2D eigenvalue weighted by atomic mass is 16.4.